The molecule has 6 nitrogen and oxygen atoms in total. The van der Waals surface area contributed by atoms with Crippen LogP contribution >= 0.6 is 23.2 Å². The van der Waals surface area contributed by atoms with Crippen LogP contribution in [0.25, 0.3) is 0 Å². The van der Waals surface area contributed by atoms with E-state index in [2.05, 4.69) is 20.8 Å². The van der Waals surface area contributed by atoms with Gasteiger partial charge >= 0.3 is 0 Å². The van der Waals surface area contributed by atoms with Crippen molar-refractivity contribution < 1.29 is 9.59 Å². The molecule has 1 aliphatic heterocycles. The van der Waals surface area contributed by atoms with Crippen LogP contribution in [0.15, 0.2) is 6.07 Å². The highest BCUT2D eigenvalue weighted by Crippen LogP contribution is 2.23. The first-order valence-corrected chi connectivity index (χ1v) is 5.61. The maximum atomic E-state index is 11.5. The smallest absolute Gasteiger partial charge is 0.249 e. The van der Waals surface area contributed by atoms with Crippen LogP contribution in [-0.4, -0.2) is 28.1 Å². The molecule has 1 aliphatic rings. The van der Waals surface area contributed by atoms with Gasteiger partial charge < -0.3 is 5.32 Å². The highest BCUT2D eigenvalue weighted by molar-refractivity contribution is 6.33. The molecule has 1 aromatic rings. The fraction of sp³-hybridized carbons (Fsp3) is 0.333. The SMILES string of the molecule is O=C1CCC(Nc2cc(Cl)nnc2Cl)C(=O)N1. The predicted octanol–water partition coefficient (Wildman–Crippen LogP) is 1.00. The van der Waals surface area contributed by atoms with E-state index in [-0.39, 0.29) is 28.5 Å². The van der Waals surface area contributed by atoms with E-state index < -0.39 is 6.04 Å². The van der Waals surface area contributed by atoms with E-state index in [0.717, 1.165) is 0 Å². The van der Waals surface area contributed by atoms with Gasteiger partial charge in [0.1, 0.15) is 6.04 Å². The lowest BCUT2D eigenvalue weighted by molar-refractivity contribution is -0.133. The molecular formula is C9H8Cl2N4O2. The number of imide groups is 1. The molecule has 0 bridgehead atoms. The Labute approximate surface area is 107 Å². The van der Waals surface area contributed by atoms with Crippen molar-refractivity contribution in [2.75, 3.05) is 5.32 Å². The predicted molar refractivity (Wildman–Crippen MR) is 61.8 cm³/mol. The molecule has 1 aromatic heterocycles. The van der Waals surface area contributed by atoms with Crippen molar-refractivity contribution in [2.24, 2.45) is 0 Å². The molecule has 1 atom stereocenters. The fourth-order valence-electron chi connectivity index (χ4n) is 1.47. The monoisotopic (exact) mass is 274 g/mol. The van der Waals surface area contributed by atoms with Crippen LogP contribution in [0.3, 0.4) is 0 Å². The minimum Gasteiger partial charge on any atom is -0.371 e. The third kappa shape index (κ3) is 2.83. The molecule has 1 fully saturated rings. The summed E-state index contributed by atoms with van der Waals surface area (Å²) in [4.78, 5) is 22.5. The zero-order valence-electron chi connectivity index (χ0n) is 8.54. The van der Waals surface area contributed by atoms with Gasteiger partial charge in [-0.3, -0.25) is 14.9 Å². The molecule has 8 heteroatoms. The van der Waals surface area contributed by atoms with Crippen molar-refractivity contribution in [2.45, 2.75) is 18.9 Å². The van der Waals surface area contributed by atoms with Crippen LogP contribution in [0.5, 0.6) is 0 Å². The molecule has 2 N–H and O–H groups in total. The Bertz CT molecular complexity index is 480. The summed E-state index contributed by atoms with van der Waals surface area (Å²) < 4.78 is 0. The van der Waals surface area contributed by atoms with E-state index in [9.17, 15) is 9.59 Å². The second kappa shape index (κ2) is 4.85. The average molecular weight is 275 g/mol. The molecule has 2 rings (SSSR count). The molecule has 0 aliphatic carbocycles. The zero-order valence-corrected chi connectivity index (χ0v) is 10.0. The molecule has 0 radical (unpaired) electrons. The van der Waals surface area contributed by atoms with Gasteiger partial charge in [0.25, 0.3) is 0 Å². The Morgan fingerprint density at radius 3 is 2.82 bits per heavy atom. The second-order valence-corrected chi connectivity index (χ2v) is 4.26. The molecule has 0 aromatic carbocycles. The Morgan fingerprint density at radius 1 is 1.35 bits per heavy atom. The van der Waals surface area contributed by atoms with Gasteiger partial charge in [0.2, 0.25) is 11.8 Å². The third-order valence-corrected chi connectivity index (χ3v) is 2.75. The number of nitrogens with zero attached hydrogens (tertiary/aromatic N) is 2. The van der Waals surface area contributed by atoms with Crippen LogP contribution in [0.1, 0.15) is 12.8 Å². The fourth-order valence-corrected chi connectivity index (χ4v) is 1.77. The van der Waals surface area contributed by atoms with Gasteiger partial charge in [-0.1, -0.05) is 23.2 Å². The van der Waals surface area contributed by atoms with E-state index >= 15 is 0 Å². The number of carbonyl (C=O) groups is 2. The summed E-state index contributed by atoms with van der Waals surface area (Å²) in [6, 6.07) is 0.950. The Hall–Kier alpha value is -1.40. The summed E-state index contributed by atoms with van der Waals surface area (Å²) in [6.07, 6.45) is 0.689. The van der Waals surface area contributed by atoms with Crippen molar-refractivity contribution in [3.05, 3.63) is 16.4 Å². The molecule has 1 unspecified atom stereocenters. The number of halogens is 2. The van der Waals surface area contributed by atoms with Crippen LogP contribution < -0.4 is 10.6 Å². The highest BCUT2D eigenvalue weighted by atomic mass is 35.5. The van der Waals surface area contributed by atoms with Gasteiger partial charge in [0, 0.05) is 12.5 Å². The first-order valence-electron chi connectivity index (χ1n) is 4.85. The minimum atomic E-state index is -0.523. The summed E-state index contributed by atoms with van der Waals surface area (Å²) >= 11 is 11.5. The Morgan fingerprint density at radius 2 is 2.12 bits per heavy atom. The number of hydrogen-bond donors (Lipinski definition) is 2. The maximum absolute atomic E-state index is 11.5. The average Bonchev–Trinajstić information content (AvgIpc) is 2.27. The molecule has 90 valence electrons. The number of amides is 2. The van der Waals surface area contributed by atoms with Crippen molar-refractivity contribution in [3.63, 3.8) is 0 Å². The zero-order chi connectivity index (χ0) is 12.4. The standard InChI is InChI=1S/C9H8Cl2N4O2/c10-6-3-5(8(11)15-14-6)12-4-1-2-7(16)13-9(4)17/h3-4H,1-2H2,(H,12,14)(H,13,16,17). The van der Waals surface area contributed by atoms with Gasteiger partial charge in [-0.25, -0.2) is 0 Å². The van der Waals surface area contributed by atoms with Gasteiger partial charge in [-0.05, 0) is 6.42 Å². The molecule has 17 heavy (non-hydrogen) atoms. The van der Waals surface area contributed by atoms with Gasteiger partial charge in [-0.15, -0.1) is 10.2 Å². The van der Waals surface area contributed by atoms with Crippen molar-refractivity contribution >= 4 is 40.7 Å². The van der Waals surface area contributed by atoms with Crippen LogP contribution in [0.4, 0.5) is 5.69 Å². The normalized spacial score (nSPS) is 20.0. The van der Waals surface area contributed by atoms with Crippen LogP contribution in [-0.2, 0) is 9.59 Å². The number of anilines is 1. The summed E-state index contributed by atoms with van der Waals surface area (Å²) in [6.45, 7) is 0. The van der Waals surface area contributed by atoms with E-state index in [4.69, 9.17) is 23.2 Å². The Kier molecular flexibility index (Phi) is 3.44. The lowest BCUT2D eigenvalue weighted by atomic mass is 10.1. The van der Waals surface area contributed by atoms with Crippen molar-refractivity contribution in [1.82, 2.24) is 15.5 Å². The number of nitrogens with one attached hydrogen (secondary N) is 2. The summed E-state index contributed by atoms with van der Waals surface area (Å²) in [5.74, 6) is -0.657. The maximum Gasteiger partial charge on any atom is 0.249 e. The first-order chi connectivity index (χ1) is 8.06. The summed E-state index contributed by atoms with van der Waals surface area (Å²) in [7, 11) is 0. The lowest BCUT2D eigenvalue weighted by Gasteiger charge is -2.22. The van der Waals surface area contributed by atoms with E-state index in [1.54, 1.807) is 0 Å². The minimum absolute atomic E-state index is 0.124. The van der Waals surface area contributed by atoms with Crippen LogP contribution in [0, 0.1) is 0 Å². The number of carbonyl (C=O) groups excluding carboxylic acids is 2. The molecule has 0 saturated carbocycles. The molecule has 2 amide bonds. The van der Waals surface area contributed by atoms with Crippen molar-refractivity contribution in [3.8, 4) is 0 Å². The van der Waals surface area contributed by atoms with E-state index in [1.165, 1.54) is 6.07 Å². The Balaban J connectivity index is 2.13. The van der Waals surface area contributed by atoms with E-state index in [0.29, 0.717) is 12.1 Å². The van der Waals surface area contributed by atoms with Gasteiger partial charge in [0.05, 0.1) is 5.69 Å². The molecule has 1 saturated heterocycles. The van der Waals surface area contributed by atoms with E-state index in [1.807, 2.05) is 0 Å². The summed E-state index contributed by atoms with van der Waals surface area (Å²) in [5.41, 5.74) is 0.418. The van der Waals surface area contributed by atoms with Crippen molar-refractivity contribution in [1.29, 1.82) is 0 Å². The van der Waals surface area contributed by atoms with Gasteiger partial charge in [0.15, 0.2) is 10.3 Å². The number of hydrogen-bond acceptors (Lipinski definition) is 5. The van der Waals surface area contributed by atoms with Crippen LogP contribution in [0.2, 0.25) is 10.3 Å². The number of piperidine rings is 1. The lowest BCUT2D eigenvalue weighted by Crippen LogP contribution is -2.47. The second-order valence-electron chi connectivity index (χ2n) is 3.52. The molecule has 0 spiro atoms. The third-order valence-electron chi connectivity index (χ3n) is 2.29. The topological polar surface area (TPSA) is 84.0 Å². The summed E-state index contributed by atoms with van der Waals surface area (Å²) in [5, 5.41) is 12.6. The highest BCUT2D eigenvalue weighted by Gasteiger charge is 2.27. The largest absolute Gasteiger partial charge is 0.371 e. The number of aromatic nitrogens is 2. The number of rotatable bonds is 2. The van der Waals surface area contributed by atoms with Gasteiger partial charge in [-0.2, -0.15) is 0 Å². The first kappa shape index (κ1) is 12.1. The molecule has 2 heterocycles. The quantitative estimate of drug-likeness (QED) is 0.787. The molecular weight excluding hydrogens is 267 g/mol.